The van der Waals surface area contributed by atoms with Gasteiger partial charge in [-0.25, -0.2) is 0 Å². The third-order valence-electron chi connectivity index (χ3n) is 3.06. The van der Waals surface area contributed by atoms with Gasteiger partial charge >= 0.3 is 6.18 Å². The third kappa shape index (κ3) is 2.97. The molecule has 1 aliphatic rings. The molecule has 0 radical (unpaired) electrons. The van der Waals surface area contributed by atoms with Crippen LogP contribution >= 0.6 is 15.9 Å². The van der Waals surface area contributed by atoms with Crippen LogP contribution in [0.2, 0.25) is 0 Å². The zero-order valence-electron chi connectivity index (χ0n) is 10.1. The second kappa shape index (κ2) is 5.34. The van der Waals surface area contributed by atoms with Gasteiger partial charge in [0.25, 0.3) is 5.91 Å². The molecule has 0 aliphatic carbocycles. The number of benzene rings is 1. The van der Waals surface area contributed by atoms with Crippen molar-refractivity contribution >= 4 is 21.8 Å². The van der Waals surface area contributed by atoms with E-state index in [9.17, 15) is 28.2 Å². The van der Waals surface area contributed by atoms with Crippen LogP contribution in [0.5, 0.6) is 0 Å². The minimum absolute atomic E-state index is 0.187. The minimum atomic E-state index is -4.66. The van der Waals surface area contributed by atoms with Crippen LogP contribution in [-0.2, 0) is 6.18 Å². The normalized spacial score (nSPS) is 23.2. The number of hydrogen-bond donors (Lipinski definition) is 2. The van der Waals surface area contributed by atoms with Crippen molar-refractivity contribution in [2.75, 3.05) is 13.1 Å². The Balaban J connectivity index is 2.36. The Morgan fingerprint density at radius 1 is 1.25 bits per heavy atom. The number of carbonyl (C=O) groups is 1. The summed E-state index contributed by atoms with van der Waals surface area (Å²) in [4.78, 5) is 13.1. The monoisotopic (exact) mass is 353 g/mol. The van der Waals surface area contributed by atoms with E-state index in [2.05, 4.69) is 15.9 Å². The Kier molecular flexibility index (Phi) is 4.08. The zero-order valence-corrected chi connectivity index (χ0v) is 11.6. The van der Waals surface area contributed by atoms with E-state index in [4.69, 9.17) is 0 Å². The van der Waals surface area contributed by atoms with Crippen LogP contribution in [0.4, 0.5) is 13.2 Å². The van der Waals surface area contributed by atoms with Gasteiger partial charge in [-0.05, 0) is 18.2 Å². The lowest BCUT2D eigenvalue weighted by Gasteiger charge is -2.19. The number of carbonyl (C=O) groups excluding carboxylic acids is 1. The van der Waals surface area contributed by atoms with Crippen molar-refractivity contribution in [1.82, 2.24) is 4.90 Å². The molecule has 1 aromatic carbocycles. The van der Waals surface area contributed by atoms with Crippen molar-refractivity contribution in [1.29, 1.82) is 0 Å². The lowest BCUT2D eigenvalue weighted by Crippen LogP contribution is -2.31. The number of alkyl halides is 3. The van der Waals surface area contributed by atoms with Crippen LogP contribution < -0.4 is 0 Å². The summed E-state index contributed by atoms with van der Waals surface area (Å²) in [5, 5.41) is 18.7. The maximum Gasteiger partial charge on any atom is 0.417 e. The van der Waals surface area contributed by atoms with Gasteiger partial charge in [0.1, 0.15) is 0 Å². The van der Waals surface area contributed by atoms with E-state index < -0.39 is 35.4 Å². The molecule has 1 amide bonds. The van der Waals surface area contributed by atoms with Gasteiger partial charge in [0.15, 0.2) is 0 Å². The van der Waals surface area contributed by atoms with Gasteiger partial charge < -0.3 is 15.1 Å². The Hall–Kier alpha value is -1.12. The van der Waals surface area contributed by atoms with E-state index >= 15 is 0 Å². The number of aliphatic hydroxyl groups is 2. The van der Waals surface area contributed by atoms with Crippen molar-refractivity contribution in [3.05, 3.63) is 33.8 Å². The standard InChI is InChI=1S/C12H11BrF3NO3/c13-6-1-2-7(8(3-6)12(14,15)16)11(20)17-4-9(18)10(19)5-17/h1-3,9-10,18-19H,4-5H2/t9-,10+. The first kappa shape index (κ1) is 15.3. The van der Waals surface area contributed by atoms with E-state index in [-0.39, 0.29) is 17.6 Å². The van der Waals surface area contributed by atoms with Gasteiger partial charge in [0.2, 0.25) is 0 Å². The molecule has 0 unspecified atom stereocenters. The number of β-amino-alcohol motifs (C(OH)–C–C–N with tert-alkyl or cyclic N) is 2. The quantitative estimate of drug-likeness (QED) is 0.806. The topological polar surface area (TPSA) is 60.8 Å². The van der Waals surface area contributed by atoms with Crippen LogP contribution in [0, 0.1) is 0 Å². The molecular formula is C12H11BrF3NO3. The van der Waals surface area contributed by atoms with Gasteiger partial charge in [-0.3, -0.25) is 4.79 Å². The summed E-state index contributed by atoms with van der Waals surface area (Å²) >= 11 is 2.94. The maximum absolute atomic E-state index is 12.9. The first-order valence-corrected chi connectivity index (χ1v) is 6.51. The highest BCUT2D eigenvalue weighted by molar-refractivity contribution is 9.10. The second-order valence-corrected chi connectivity index (χ2v) is 5.45. The molecule has 0 bridgehead atoms. The molecule has 110 valence electrons. The number of halogens is 4. The van der Waals surface area contributed by atoms with Crippen molar-refractivity contribution < 1.29 is 28.2 Å². The van der Waals surface area contributed by atoms with Gasteiger partial charge in [0.05, 0.1) is 23.3 Å². The van der Waals surface area contributed by atoms with Crippen LogP contribution in [-0.4, -0.2) is 46.3 Å². The molecule has 20 heavy (non-hydrogen) atoms. The second-order valence-electron chi connectivity index (χ2n) is 4.53. The van der Waals surface area contributed by atoms with E-state index in [1.807, 2.05) is 0 Å². The predicted octanol–water partition coefficient (Wildman–Crippen LogP) is 1.65. The van der Waals surface area contributed by atoms with Crippen molar-refractivity contribution in [3.63, 3.8) is 0 Å². The molecule has 4 nitrogen and oxygen atoms in total. The SMILES string of the molecule is O=C(c1ccc(Br)cc1C(F)(F)F)N1C[C@@H](O)[C@@H](O)C1. The lowest BCUT2D eigenvalue weighted by molar-refractivity contribution is -0.138. The summed E-state index contributed by atoms with van der Waals surface area (Å²) in [6, 6.07) is 3.24. The van der Waals surface area contributed by atoms with E-state index in [0.717, 1.165) is 17.0 Å². The first-order chi connectivity index (χ1) is 9.20. The number of hydrogen-bond acceptors (Lipinski definition) is 3. The van der Waals surface area contributed by atoms with Crippen molar-refractivity contribution in [2.24, 2.45) is 0 Å². The van der Waals surface area contributed by atoms with Crippen LogP contribution in [0.25, 0.3) is 0 Å². The van der Waals surface area contributed by atoms with Crippen LogP contribution in [0.3, 0.4) is 0 Å². The van der Waals surface area contributed by atoms with Crippen LogP contribution in [0.15, 0.2) is 22.7 Å². The zero-order chi connectivity index (χ0) is 15.1. The molecule has 0 spiro atoms. The number of nitrogens with zero attached hydrogens (tertiary/aromatic N) is 1. The van der Waals surface area contributed by atoms with Gasteiger partial charge in [-0.15, -0.1) is 0 Å². The molecule has 2 atom stereocenters. The molecule has 1 aliphatic heterocycles. The number of aliphatic hydroxyl groups excluding tert-OH is 2. The van der Waals surface area contributed by atoms with Gasteiger partial charge in [0, 0.05) is 17.6 Å². The Morgan fingerprint density at radius 2 is 1.80 bits per heavy atom. The van der Waals surface area contributed by atoms with E-state index in [1.54, 1.807) is 0 Å². The summed E-state index contributed by atoms with van der Waals surface area (Å²) in [7, 11) is 0. The summed E-state index contributed by atoms with van der Waals surface area (Å²) in [5.41, 5.74) is -1.55. The fraction of sp³-hybridized carbons (Fsp3) is 0.417. The molecule has 8 heteroatoms. The van der Waals surface area contributed by atoms with Crippen molar-refractivity contribution in [2.45, 2.75) is 18.4 Å². The Labute approximate surface area is 120 Å². The number of amides is 1. The summed E-state index contributed by atoms with van der Waals surface area (Å²) in [6.07, 6.45) is -6.93. The maximum atomic E-state index is 12.9. The third-order valence-corrected chi connectivity index (χ3v) is 3.56. The van der Waals surface area contributed by atoms with E-state index in [0.29, 0.717) is 0 Å². The molecule has 0 aromatic heterocycles. The number of rotatable bonds is 1. The van der Waals surface area contributed by atoms with Gasteiger partial charge in [-0.1, -0.05) is 15.9 Å². The van der Waals surface area contributed by atoms with Crippen LogP contribution in [0.1, 0.15) is 15.9 Å². The summed E-state index contributed by atoms with van der Waals surface area (Å²) in [6.45, 7) is -0.374. The molecule has 1 heterocycles. The fourth-order valence-electron chi connectivity index (χ4n) is 2.04. The highest BCUT2D eigenvalue weighted by Gasteiger charge is 2.39. The highest BCUT2D eigenvalue weighted by Crippen LogP contribution is 2.34. The minimum Gasteiger partial charge on any atom is -0.388 e. The summed E-state index contributed by atoms with van der Waals surface area (Å²) in [5.74, 6) is -0.861. The molecule has 0 saturated carbocycles. The molecular weight excluding hydrogens is 343 g/mol. The smallest absolute Gasteiger partial charge is 0.388 e. The fourth-order valence-corrected chi connectivity index (χ4v) is 2.40. The average molecular weight is 354 g/mol. The lowest BCUT2D eigenvalue weighted by atomic mass is 10.1. The average Bonchev–Trinajstić information content (AvgIpc) is 2.67. The van der Waals surface area contributed by atoms with Gasteiger partial charge in [-0.2, -0.15) is 13.2 Å². The Morgan fingerprint density at radius 3 is 2.30 bits per heavy atom. The number of likely N-dealkylation sites (tertiary alicyclic amines) is 1. The molecule has 1 fully saturated rings. The molecule has 2 rings (SSSR count). The Bertz CT molecular complexity index is 525. The molecule has 1 saturated heterocycles. The summed E-state index contributed by atoms with van der Waals surface area (Å²) < 4.78 is 39.0. The van der Waals surface area contributed by atoms with E-state index in [1.165, 1.54) is 6.07 Å². The first-order valence-electron chi connectivity index (χ1n) is 5.72. The highest BCUT2D eigenvalue weighted by atomic mass is 79.9. The van der Waals surface area contributed by atoms with Crippen molar-refractivity contribution in [3.8, 4) is 0 Å². The predicted molar refractivity (Wildman–Crippen MR) is 67.1 cm³/mol. The largest absolute Gasteiger partial charge is 0.417 e. The molecule has 1 aromatic rings. The molecule has 2 N–H and O–H groups in total.